The molecule has 4 aliphatic heterocycles. The first kappa shape index (κ1) is 27.3. The normalized spacial score (nSPS) is 27.2. The molecule has 5 atom stereocenters. The fourth-order valence-corrected chi connectivity index (χ4v) is 6.20. The minimum atomic E-state index is -1.17. The molecule has 2 saturated heterocycles. The van der Waals surface area contributed by atoms with Crippen molar-refractivity contribution in [2.45, 2.75) is 70.2 Å². The van der Waals surface area contributed by atoms with Crippen molar-refractivity contribution in [1.82, 2.24) is 0 Å². The number of aliphatic hydroxyl groups excluding tert-OH is 4. The van der Waals surface area contributed by atoms with E-state index in [0.29, 0.717) is 50.1 Å². The molecule has 4 aliphatic rings. The van der Waals surface area contributed by atoms with Gasteiger partial charge in [-0.1, -0.05) is 6.07 Å². The van der Waals surface area contributed by atoms with E-state index < -0.39 is 49.1 Å². The SMILES string of the molecule is CC1(C)O[C@H]2[C@@H](O)[C@@H](CO)OC(Oc3c4c(c(-c5ccc6c(c5)OCO6)c5cc(CO)c(CO)cc35)C(=O)OC4)[C@@H]2O1. The highest BCUT2D eigenvalue weighted by molar-refractivity contribution is 6.13. The fraction of sp³-hybridized carbons (Fsp3) is 0.433. The Bertz CT molecular complexity index is 1580. The van der Waals surface area contributed by atoms with Crippen LogP contribution in [0.4, 0.5) is 0 Å². The molecule has 0 radical (unpaired) electrons. The number of carbonyl (C=O) groups is 1. The molecule has 0 saturated carbocycles. The van der Waals surface area contributed by atoms with Crippen molar-refractivity contribution in [3.8, 4) is 28.4 Å². The number of esters is 1. The summed E-state index contributed by atoms with van der Waals surface area (Å²) in [7, 11) is 0. The predicted octanol–water partition coefficient (Wildman–Crippen LogP) is 1.87. The molecule has 4 heterocycles. The van der Waals surface area contributed by atoms with E-state index >= 15 is 0 Å². The molecule has 3 aromatic carbocycles. The molecule has 12 nitrogen and oxygen atoms in total. The van der Waals surface area contributed by atoms with Gasteiger partial charge in [0.05, 0.1) is 25.4 Å². The van der Waals surface area contributed by atoms with Crippen molar-refractivity contribution >= 4 is 16.7 Å². The van der Waals surface area contributed by atoms with Crippen molar-refractivity contribution in [3.05, 3.63) is 52.6 Å². The van der Waals surface area contributed by atoms with Gasteiger partial charge in [-0.15, -0.1) is 0 Å². The summed E-state index contributed by atoms with van der Waals surface area (Å²) in [5.41, 5.74) is 2.84. The van der Waals surface area contributed by atoms with Gasteiger partial charge >= 0.3 is 5.97 Å². The van der Waals surface area contributed by atoms with Crippen LogP contribution in [-0.4, -0.2) is 76.3 Å². The minimum Gasteiger partial charge on any atom is -0.461 e. The topological polar surface area (TPSA) is 163 Å². The van der Waals surface area contributed by atoms with Crippen LogP contribution >= 0.6 is 0 Å². The van der Waals surface area contributed by atoms with E-state index in [1.54, 1.807) is 44.2 Å². The van der Waals surface area contributed by atoms with Crippen LogP contribution in [0.5, 0.6) is 17.2 Å². The largest absolute Gasteiger partial charge is 0.461 e. The molecular weight excluding hydrogens is 552 g/mol. The number of hydrogen-bond donors (Lipinski definition) is 4. The molecule has 0 aromatic heterocycles. The number of cyclic esters (lactones) is 1. The molecule has 0 amide bonds. The lowest BCUT2D eigenvalue weighted by Gasteiger charge is -2.39. The summed E-state index contributed by atoms with van der Waals surface area (Å²) < 4.78 is 41.1. The van der Waals surface area contributed by atoms with Crippen LogP contribution in [0.15, 0.2) is 30.3 Å². The number of carbonyl (C=O) groups excluding carboxylic acids is 1. The van der Waals surface area contributed by atoms with Crippen LogP contribution < -0.4 is 14.2 Å². The third kappa shape index (κ3) is 4.21. The molecule has 0 bridgehead atoms. The number of benzene rings is 3. The molecule has 1 unspecified atom stereocenters. The second-order valence-electron chi connectivity index (χ2n) is 11.1. The minimum absolute atomic E-state index is 0.0800. The zero-order valence-electron chi connectivity index (χ0n) is 22.9. The summed E-state index contributed by atoms with van der Waals surface area (Å²) in [5.74, 6) is -0.273. The average molecular weight is 583 g/mol. The Morgan fingerprint density at radius 2 is 1.62 bits per heavy atom. The van der Waals surface area contributed by atoms with Gasteiger partial charge in [-0.3, -0.25) is 0 Å². The number of ether oxygens (including phenoxy) is 7. The Balaban J connectivity index is 1.44. The first-order chi connectivity index (χ1) is 20.2. The molecular formula is C30H30O12. The van der Waals surface area contributed by atoms with Gasteiger partial charge in [-0.25, -0.2) is 4.79 Å². The van der Waals surface area contributed by atoms with Crippen LogP contribution in [0.2, 0.25) is 0 Å². The molecule has 3 aromatic rings. The summed E-state index contributed by atoms with van der Waals surface area (Å²) in [6, 6.07) is 8.75. The van der Waals surface area contributed by atoms with Crippen molar-refractivity contribution < 1.29 is 58.4 Å². The second kappa shape index (κ2) is 10.1. The predicted molar refractivity (Wildman–Crippen MR) is 143 cm³/mol. The van der Waals surface area contributed by atoms with E-state index in [9.17, 15) is 25.2 Å². The number of aliphatic hydroxyl groups is 4. The maximum atomic E-state index is 13.3. The highest BCUT2D eigenvalue weighted by Gasteiger charge is 2.56. The molecule has 222 valence electrons. The molecule has 0 spiro atoms. The first-order valence-electron chi connectivity index (χ1n) is 13.6. The molecule has 2 fully saturated rings. The van der Waals surface area contributed by atoms with Gasteiger partial charge in [0.1, 0.15) is 30.7 Å². The van der Waals surface area contributed by atoms with E-state index in [0.717, 1.165) is 0 Å². The van der Waals surface area contributed by atoms with Gasteiger partial charge in [0, 0.05) is 16.5 Å². The van der Waals surface area contributed by atoms with E-state index in [-0.39, 0.29) is 37.9 Å². The lowest BCUT2D eigenvalue weighted by atomic mass is 9.87. The Labute approximate surface area is 239 Å². The van der Waals surface area contributed by atoms with E-state index in [1.165, 1.54) is 0 Å². The molecule has 4 N–H and O–H groups in total. The first-order valence-corrected chi connectivity index (χ1v) is 13.6. The smallest absolute Gasteiger partial charge is 0.339 e. The summed E-state index contributed by atoms with van der Waals surface area (Å²) in [6.07, 6.45) is -5.06. The van der Waals surface area contributed by atoms with Gasteiger partial charge in [0.2, 0.25) is 13.1 Å². The zero-order chi connectivity index (χ0) is 29.3. The molecule has 12 heteroatoms. The average Bonchev–Trinajstić information content (AvgIpc) is 3.70. The summed E-state index contributed by atoms with van der Waals surface area (Å²) in [6.45, 7) is 2.19. The van der Waals surface area contributed by atoms with Crippen LogP contribution in [0.1, 0.15) is 40.9 Å². The quantitative estimate of drug-likeness (QED) is 0.313. The monoisotopic (exact) mass is 582 g/mol. The van der Waals surface area contributed by atoms with Crippen molar-refractivity contribution in [2.24, 2.45) is 0 Å². The maximum Gasteiger partial charge on any atom is 0.339 e. The Morgan fingerprint density at radius 3 is 2.36 bits per heavy atom. The van der Waals surface area contributed by atoms with Crippen LogP contribution in [0.3, 0.4) is 0 Å². The molecule has 0 aliphatic carbocycles. The lowest BCUT2D eigenvalue weighted by Crippen LogP contribution is -2.58. The van der Waals surface area contributed by atoms with Crippen molar-refractivity contribution in [1.29, 1.82) is 0 Å². The van der Waals surface area contributed by atoms with Gasteiger partial charge in [0.15, 0.2) is 23.4 Å². The number of hydrogen-bond acceptors (Lipinski definition) is 12. The molecule has 7 rings (SSSR count). The Morgan fingerprint density at radius 1 is 0.905 bits per heavy atom. The van der Waals surface area contributed by atoms with Gasteiger partial charge in [-0.05, 0) is 60.2 Å². The third-order valence-corrected chi connectivity index (χ3v) is 8.11. The maximum absolute atomic E-state index is 13.3. The fourth-order valence-electron chi connectivity index (χ4n) is 6.20. The van der Waals surface area contributed by atoms with Crippen LogP contribution in [0.25, 0.3) is 21.9 Å². The van der Waals surface area contributed by atoms with Gasteiger partial charge in [0.25, 0.3) is 0 Å². The number of rotatable bonds is 6. The second-order valence-corrected chi connectivity index (χ2v) is 11.1. The third-order valence-electron chi connectivity index (χ3n) is 8.11. The van der Waals surface area contributed by atoms with Crippen molar-refractivity contribution in [2.75, 3.05) is 13.4 Å². The van der Waals surface area contributed by atoms with Crippen molar-refractivity contribution in [3.63, 3.8) is 0 Å². The van der Waals surface area contributed by atoms with E-state index in [2.05, 4.69) is 0 Å². The van der Waals surface area contributed by atoms with Gasteiger partial charge in [-0.2, -0.15) is 0 Å². The number of fused-ring (bicyclic) bond motifs is 4. The van der Waals surface area contributed by atoms with Crippen LogP contribution in [-0.2, 0) is 38.8 Å². The molecule has 42 heavy (non-hydrogen) atoms. The van der Waals surface area contributed by atoms with Gasteiger partial charge < -0.3 is 53.6 Å². The lowest BCUT2D eigenvalue weighted by molar-refractivity contribution is -0.252. The summed E-state index contributed by atoms with van der Waals surface area (Å²) in [4.78, 5) is 13.3. The Hall–Kier alpha value is -3.49. The highest BCUT2D eigenvalue weighted by Crippen LogP contribution is 2.49. The summed E-state index contributed by atoms with van der Waals surface area (Å²) in [5, 5.41) is 42.1. The zero-order valence-corrected chi connectivity index (χ0v) is 22.9. The van der Waals surface area contributed by atoms with E-state index in [4.69, 9.17) is 33.2 Å². The summed E-state index contributed by atoms with van der Waals surface area (Å²) >= 11 is 0. The van der Waals surface area contributed by atoms with E-state index in [1.807, 2.05) is 0 Å². The van der Waals surface area contributed by atoms with Crippen LogP contribution in [0, 0.1) is 0 Å². The highest BCUT2D eigenvalue weighted by atomic mass is 16.8. The standard InChI is InChI=1S/C30H30O12/c1-30(2)41-26-24(34)21(10-33)39-29(27(26)42-30)40-25-17-6-15(9-32)14(8-31)5-16(17)22(23-18(25)11-36-28(23)35)13-3-4-19-20(7-13)38-12-37-19/h3-7,21,24,26-27,29,31-34H,8-12H2,1-2H3/t21-,24+,26+,27-,29?/m1/s1. The Kier molecular flexibility index (Phi) is 6.55.